The topological polar surface area (TPSA) is 37.8 Å². The fraction of sp³-hybridized carbons (Fsp3) is 0.467. The normalized spacial score (nSPS) is 11.2. The highest BCUT2D eigenvalue weighted by molar-refractivity contribution is 7.15. The Morgan fingerprint density at radius 1 is 1.37 bits per heavy atom. The predicted octanol–water partition coefficient (Wildman–Crippen LogP) is 3.51. The monoisotopic (exact) mass is 275 g/mol. The molecule has 0 radical (unpaired) electrons. The number of nitrogens with zero attached hydrogens (tertiary/aromatic N) is 2. The molecule has 0 aromatic carbocycles. The third-order valence-electron chi connectivity index (χ3n) is 2.86. The summed E-state index contributed by atoms with van der Waals surface area (Å²) in [6, 6.07) is 4.02. The molecule has 0 unspecified atom stereocenters. The van der Waals surface area contributed by atoms with Crippen LogP contribution < -0.4 is 5.32 Å². The average molecular weight is 275 g/mol. The van der Waals surface area contributed by atoms with E-state index in [9.17, 15) is 0 Å². The molecular formula is C15H21N3S. The molecule has 2 rings (SSSR count). The van der Waals surface area contributed by atoms with E-state index in [2.05, 4.69) is 37.1 Å². The largest absolute Gasteiger partial charge is 0.312 e. The molecule has 102 valence electrons. The predicted molar refractivity (Wildman–Crippen MR) is 81.3 cm³/mol. The SMILES string of the molecule is CCc1nc(-c2cccnc2)sc1CNCC(C)C. The minimum atomic E-state index is 0.677. The average Bonchev–Trinajstić information content (AvgIpc) is 2.83. The number of rotatable bonds is 6. The summed E-state index contributed by atoms with van der Waals surface area (Å²) in [5, 5.41) is 4.57. The van der Waals surface area contributed by atoms with Crippen LogP contribution in [0.25, 0.3) is 10.6 Å². The fourth-order valence-electron chi connectivity index (χ4n) is 1.88. The molecule has 0 spiro atoms. The lowest BCUT2D eigenvalue weighted by Crippen LogP contribution is -2.18. The maximum absolute atomic E-state index is 4.74. The first-order valence-corrected chi connectivity index (χ1v) is 7.62. The Balaban J connectivity index is 2.13. The van der Waals surface area contributed by atoms with E-state index in [0.29, 0.717) is 5.92 Å². The zero-order chi connectivity index (χ0) is 13.7. The van der Waals surface area contributed by atoms with Crippen LogP contribution in [-0.2, 0) is 13.0 Å². The number of nitrogens with one attached hydrogen (secondary N) is 1. The smallest absolute Gasteiger partial charge is 0.125 e. The van der Waals surface area contributed by atoms with Gasteiger partial charge in [-0.1, -0.05) is 20.8 Å². The molecule has 0 fully saturated rings. The van der Waals surface area contributed by atoms with Crippen molar-refractivity contribution in [1.82, 2.24) is 15.3 Å². The van der Waals surface area contributed by atoms with Gasteiger partial charge in [-0.3, -0.25) is 4.98 Å². The molecule has 3 nitrogen and oxygen atoms in total. The van der Waals surface area contributed by atoms with Crippen molar-refractivity contribution in [1.29, 1.82) is 0 Å². The van der Waals surface area contributed by atoms with Crippen molar-refractivity contribution < 1.29 is 0 Å². The first-order chi connectivity index (χ1) is 9.20. The van der Waals surface area contributed by atoms with Gasteiger partial charge in [-0.2, -0.15) is 0 Å². The number of aryl methyl sites for hydroxylation is 1. The molecular weight excluding hydrogens is 254 g/mol. The summed E-state index contributed by atoms with van der Waals surface area (Å²) in [5.74, 6) is 0.677. The Morgan fingerprint density at radius 3 is 2.84 bits per heavy atom. The van der Waals surface area contributed by atoms with Crippen molar-refractivity contribution >= 4 is 11.3 Å². The van der Waals surface area contributed by atoms with E-state index in [4.69, 9.17) is 4.98 Å². The molecule has 0 amide bonds. The van der Waals surface area contributed by atoms with Crippen LogP contribution in [0.15, 0.2) is 24.5 Å². The second-order valence-corrected chi connectivity index (χ2v) is 6.09. The highest BCUT2D eigenvalue weighted by atomic mass is 32.1. The van der Waals surface area contributed by atoms with E-state index in [1.807, 2.05) is 12.3 Å². The van der Waals surface area contributed by atoms with Crippen molar-refractivity contribution in [3.8, 4) is 10.6 Å². The second kappa shape index (κ2) is 6.78. The zero-order valence-corrected chi connectivity index (χ0v) is 12.6. The van der Waals surface area contributed by atoms with Crippen LogP contribution in [0.4, 0.5) is 0 Å². The van der Waals surface area contributed by atoms with E-state index in [0.717, 1.165) is 30.1 Å². The van der Waals surface area contributed by atoms with Gasteiger partial charge in [0.2, 0.25) is 0 Å². The van der Waals surface area contributed by atoms with Gasteiger partial charge in [0.15, 0.2) is 0 Å². The van der Waals surface area contributed by atoms with Crippen LogP contribution in [0.2, 0.25) is 0 Å². The lowest BCUT2D eigenvalue weighted by Gasteiger charge is -2.06. The van der Waals surface area contributed by atoms with E-state index in [-0.39, 0.29) is 0 Å². The molecule has 2 aromatic rings. The van der Waals surface area contributed by atoms with Crippen LogP contribution in [0.5, 0.6) is 0 Å². The lowest BCUT2D eigenvalue weighted by molar-refractivity contribution is 0.553. The van der Waals surface area contributed by atoms with E-state index in [1.54, 1.807) is 17.5 Å². The summed E-state index contributed by atoms with van der Waals surface area (Å²) < 4.78 is 0. The lowest BCUT2D eigenvalue weighted by atomic mass is 10.2. The number of thiazole rings is 1. The van der Waals surface area contributed by atoms with Gasteiger partial charge in [0.05, 0.1) is 5.69 Å². The number of hydrogen-bond acceptors (Lipinski definition) is 4. The number of hydrogen-bond donors (Lipinski definition) is 1. The van der Waals surface area contributed by atoms with Crippen molar-refractivity contribution in [2.45, 2.75) is 33.7 Å². The quantitative estimate of drug-likeness (QED) is 0.876. The third kappa shape index (κ3) is 3.85. The molecule has 0 aliphatic rings. The highest BCUT2D eigenvalue weighted by Gasteiger charge is 2.11. The first-order valence-electron chi connectivity index (χ1n) is 6.80. The van der Waals surface area contributed by atoms with Crippen LogP contribution in [0, 0.1) is 5.92 Å². The summed E-state index contributed by atoms with van der Waals surface area (Å²) in [4.78, 5) is 10.2. The Hall–Kier alpha value is -1.26. The van der Waals surface area contributed by atoms with Crippen molar-refractivity contribution in [3.05, 3.63) is 35.1 Å². The summed E-state index contributed by atoms with van der Waals surface area (Å²) in [6.45, 7) is 8.57. The minimum Gasteiger partial charge on any atom is -0.312 e. The molecule has 2 aromatic heterocycles. The Bertz CT molecular complexity index is 505. The summed E-state index contributed by atoms with van der Waals surface area (Å²) in [5.41, 5.74) is 2.32. The molecule has 0 aliphatic heterocycles. The Kier molecular flexibility index (Phi) is 5.05. The van der Waals surface area contributed by atoms with Crippen molar-refractivity contribution in [3.63, 3.8) is 0 Å². The third-order valence-corrected chi connectivity index (χ3v) is 4.01. The first kappa shape index (κ1) is 14.2. The maximum atomic E-state index is 4.74. The Morgan fingerprint density at radius 2 is 2.21 bits per heavy atom. The van der Waals surface area contributed by atoms with Gasteiger partial charge in [-0.05, 0) is 31.0 Å². The zero-order valence-electron chi connectivity index (χ0n) is 11.8. The van der Waals surface area contributed by atoms with Crippen LogP contribution >= 0.6 is 11.3 Å². The van der Waals surface area contributed by atoms with Crippen molar-refractivity contribution in [2.75, 3.05) is 6.54 Å². The van der Waals surface area contributed by atoms with Gasteiger partial charge in [-0.15, -0.1) is 11.3 Å². The Labute approximate surface area is 119 Å². The second-order valence-electron chi connectivity index (χ2n) is 5.01. The summed E-state index contributed by atoms with van der Waals surface area (Å²) >= 11 is 1.78. The fourth-order valence-corrected chi connectivity index (χ4v) is 2.99. The molecule has 0 aliphatic carbocycles. The van der Waals surface area contributed by atoms with E-state index >= 15 is 0 Å². The highest BCUT2D eigenvalue weighted by Crippen LogP contribution is 2.27. The van der Waals surface area contributed by atoms with E-state index < -0.39 is 0 Å². The molecule has 0 atom stereocenters. The van der Waals surface area contributed by atoms with Gasteiger partial charge in [0, 0.05) is 29.4 Å². The molecule has 0 bridgehead atoms. The van der Waals surface area contributed by atoms with Crippen LogP contribution in [0.1, 0.15) is 31.3 Å². The van der Waals surface area contributed by atoms with Gasteiger partial charge in [0.1, 0.15) is 5.01 Å². The van der Waals surface area contributed by atoms with Gasteiger partial charge in [0.25, 0.3) is 0 Å². The summed E-state index contributed by atoms with van der Waals surface area (Å²) in [6.07, 6.45) is 4.65. The van der Waals surface area contributed by atoms with Gasteiger partial charge in [-0.25, -0.2) is 4.98 Å². The van der Waals surface area contributed by atoms with Gasteiger partial charge >= 0.3 is 0 Å². The maximum Gasteiger partial charge on any atom is 0.125 e. The standard InChI is InChI=1S/C15H21N3S/c1-4-13-14(10-17-8-11(2)3)19-15(18-13)12-6-5-7-16-9-12/h5-7,9,11,17H,4,8,10H2,1-3H3. The molecule has 4 heteroatoms. The molecule has 0 saturated heterocycles. The molecule has 1 N–H and O–H groups in total. The molecule has 0 saturated carbocycles. The summed E-state index contributed by atoms with van der Waals surface area (Å²) in [7, 11) is 0. The van der Waals surface area contributed by atoms with E-state index in [1.165, 1.54) is 10.6 Å². The number of aromatic nitrogens is 2. The number of pyridine rings is 1. The van der Waals surface area contributed by atoms with Gasteiger partial charge < -0.3 is 5.32 Å². The van der Waals surface area contributed by atoms with Crippen LogP contribution in [-0.4, -0.2) is 16.5 Å². The minimum absolute atomic E-state index is 0.677. The molecule has 2 heterocycles. The molecule has 19 heavy (non-hydrogen) atoms. The van der Waals surface area contributed by atoms with Crippen LogP contribution in [0.3, 0.4) is 0 Å². The van der Waals surface area contributed by atoms with Crippen molar-refractivity contribution in [2.24, 2.45) is 5.92 Å².